The van der Waals surface area contributed by atoms with Gasteiger partial charge in [-0.25, -0.2) is 9.50 Å². The van der Waals surface area contributed by atoms with Crippen molar-refractivity contribution >= 4 is 17.2 Å². The predicted molar refractivity (Wildman–Crippen MR) is 76.9 cm³/mol. The number of nitrogens with one attached hydrogen (secondary N) is 1. The molecule has 2 aromatic heterocycles. The molecule has 0 aliphatic carbocycles. The number of nitrogens with zero attached hydrogens (tertiary/aromatic N) is 3. The molecule has 0 aliphatic rings. The average molecular weight is 266 g/mol. The van der Waals surface area contributed by atoms with E-state index in [0.29, 0.717) is 11.2 Å². The molecule has 1 amide bonds. The molecule has 20 heavy (non-hydrogen) atoms. The maximum Gasteiger partial charge on any atom is 0.261 e. The molecule has 0 saturated carbocycles. The Labute approximate surface area is 116 Å². The summed E-state index contributed by atoms with van der Waals surface area (Å²) in [5.41, 5.74) is 4.01. The Balaban J connectivity index is 1.93. The van der Waals surface area contributed by atoms with Crippen molar-refractivity contribution < 1.29 is 4.79 Å². The summed E-state index contributed by atoms with van der Waals surface area (Å²) in [5.74, 6) is -0.203. The SMILES string of the molecule is Cc1ccc(NC(=O)c2cnn3cccnc23)c(C)c1. The van der Waals surface area contributed by atoms with Crippen molar-refractivity contribution in [1.29, 1.82) is 0 Å². The van der Waals surface area contributed by atoms with E-state index < -0.39 is 0 Å². The fraction of sp³-hybridized carbons (Fsp3) is 0.133. The van der Waals surface area contributed by atoms with Crippen LogP contribution in [0.1, 0.15) is 21.5 Å². The Bertz CT molecular complexity index is 791. The molecule has 1 aromatic carbocycles. The molecule has 0 spiro atoms. The second-order valence-corrected chi connectivity index (χ2v) is 4.72. The smallest absolute Gasteiger partial charge is 0.261 e. The molecule has 0 atom stereocenters. The summed E-state index contributed by atoms with van der Waals surface area (Å²) in [4.78, 5) is 16.5. The molecule has 0 bridgehead atoms. The highest BCUT2D eigenvalue weighted by molar-refractivity contribution is 6.08. The van der Waals surface area contributed by atoms with Gasteiger partial charge in [0.2, 0.25) is 0 Å². The number of hydrogen-bond acceptors (Lipinski definition) is 3. The fourth-order valence-corrected chi connectivity index (χ4v) is 2.13. The molecule has 5 heteroatoms. The number of carbonyl (C=O) groups excluding carboxylic acids is 1. The maximum atomic E-state index is 12.3. The standard InChI is InChI=1S/C15H14N4O/c1-10-4-5-13(11(2)8-10)18-15(20)12-9-17-19-7-3-6-16-14(12)19/h3-9H,1-2H3,(H,18,20). The molecule has 3 rings (SSSR count). The van der Waals surface area contributed by atoms with Gasteiger partial charge in [-0.1, -0.05) is 17.7 Å². The van der Waals surface area contributed by atoms with Gasteiger partial charge in [-0.3, -0.25) is 4.79 Å². The van der Waals surface area contributed by atoms with Crippen molar-refractivity contribution in [2.75, 3.05) is 5.32 Å². The second kappa shape index (κ2) is 4.77. The number of aromatic nitrogens is 3. The van der Waals surface area contributed by atoms with Gasteiger partial charge in [0.25, 0.3) is 5.91 Å². The van der Waals surface area contributed by atoms with Crippen molar-refractivity contribution in [3.63, 3.8) is 0 Å². The van der Waals surface area contributed by atoms with Gasteiger partial charge in [0, 0.05) is 18.1 Å². The number of aryl methyl sites for hydroxylation is 2. The first-order chi connectivity index (χ1) is 9.65. The predicted octanol–water partition coefficient (Wildman–Crippen LogP) is 2.60. The first kappa shape index (κ1) is 12.3. The molecule has 0 saturated heterocycles. The summed E-state index contributed by atoms with van der Waals surface area (Å²) in [6, 6.07) is 7.68. The van der Waals surface area contributed by atoms with Crippen molar-refractivity contribution in [2.24, 2.45) is 0 Å². The third kappa shape index (κ3) is 2.14. The zero-order valence-electron chi connectivity index (χ0n) is 11.3. The summed E-state index contributed by atoms with van der Waals surface area (Å²) < 4.78 is 1.58. The lowest BCUT2D eigenvalue weighted by molar-refractivity contribution is 0.102. The summed E-state index contributed by atoms with van der Waals surface area (Å²) in [7, 11) is 0. The highest BCUT2D eigenvalue weighted by Crippen LogP contribution is 2.18. The third-order valence-corrected chi connectivity index (χ3v) is 3.15. The van der Waals surface area contributed by atoms with Crippen molar-refractivity contribution in [1.82, 2.24) is 14.6 Å². The zero-order valence-corrected chi connectivity index (χ0v) is 11.3. The molecule has 0 aliphatic heterocycles. The van der Waals surface area contributed by atoms with Crippen LogP contribution in [0.2, 0.25) is 0 Å². The van der Waals surface area contributed by atoms with Gasteiger partial charge in [-0.15, -0.1) is 0 Å². The van der Waals surface area contributed by atoms with Crippen LogP contribution >= 0.6 is 0 Å². The number of amides is 1. The average Bonchev–Trinajstić information content (AvgIpc) is 2.86. The van der Waals surface area contributed by atoms with Crippen molar-refractivity contribution in [3.8, 4) is 0 Å². The summed E-state index contributed by atoms with van der Waals surface area (Å²) >= 11 is 0. The molecule has 3 aromatic rings. The molecular weight excluding hydrogens is 252 g/mol. The highest BCUT2D eigenvalue weighted by atomic mass is 16.1. The molecule has 100 valence electrons. The largest absolute Gasteiger partial charge is 0.322 e. The Morgan fingerprint density at radius 2 is 2.15 bits per heavy atom. The summed E-state index contributed by atoms with van der Waals surface area (Å²) in [6.45, 7) is 3.99. The lowest BCUT2D eigenvalue weighted by Crippen LogP contribution is -2.13. The van der Waals surface area contributed by atoms with E-state index in [4.69, 9.17) is 0 Å². The van der Waals surface area contributed by atoms with Gasteiger partial charge >= 0.3 is 0 Å². The van der Waals surface area contributed by atoms with E-state index in [1.807, 2.05) is 32.0 Å². The topological polar surface area (TPSA) is 59.3 Å². The van der Waals surface area contributed by atoms with Gasteiger partial charge in [0.1, 0.15) is 5.56 Å². The Morgan fingerprint density at radius 1 is 1.30 bits per heavy atom. The lowest BCUT2D eigenvalue weighted by Gasteiger charge is -2.08. The van der Waals surface area contributed by atoms with Crippen molar-refractivity contribution in [3.05, 3.63) is 59.5 Å². The van der Waals surface area contributed by atoms with Crippen LogP contribution in [0.25, 0.3) is 5.65 Å². The quantitative estimate of drug-likeness (QED) is 0.775. The third-order valence-electron chi connectivity index (χ3n) is 3.15. The number of carbonyl (C=O) groups is 1. The first-order valence-corrected chi connectivity index (χ1v) is 6.32. The minimum Gasteiger partial charge on any atom is -0.322 e. The Hall–Kier alpha value is -2.69. The number of rotatable bonds is 2. The van der Waals surface area contributed by atoms with Gasteiger partial charge in [0.05, 0.1) is 6.20 Å². The number of anilines is 1. The van der Waals surface area contributed by atoms with Gasteiger partial charge < -0.3 is 5.32 Å². The summed E-state index contributed by atoms with van der Waals surface area (Å²) in [5, 5.41) is 7.01. The van der Waals surface area contributed by atoms with Crippen LogP contribution in [0.4, 0.5) is 5.69 Å². The van der Waals surface area contributed by atoms with Gasteiger partial charge in [0.15, 0.2) is 5.65 Å². The fourth-order valence-electron chi connectivity index (χ4n) is 2.13. The van der Waals surface area contributed by atoms with E-state index in [1.165, 1.54) is 6.20 Å². The lowest BCUT2D eigenvalue weighted by atomic mass is 10.1. The summed E-state index contributed by atoms with van der Waals surface area (Å²) in [6.07, 6.45) is 4.93. The molecule has 1 N–H and O–H groups in total. The number of fused-ring (bicyclic) bond motifs is 1. The van der Waals surface area contributed by atoms with Crippen LogP contribution in [0.3, 0.4) is 0 Å². The molecule has 0 radical (unpaired) electrons. The Morgan fingerprint density at radius 3 is 2.95 bits per heavy atom. The monoisotopic (exact) mass is 266 g/mol. The van der Waals surface area contributed by atoms with Crippen LogP contribution in [0.5, 0.6) is 0 Å². The minimum atomic E-state index is -0.203. The molecule has 0 fully saturated rings. The van der Waals surface area contributed by atoms with Gasteiger partial charge in [-0.05, 0) is 31.5 Å². The first-order valence-electron chi connectivity index (χ1n) is 6.32. The maximum absolute atomic E-state index is 12.3. The van der Waals surface area contributed by atoms with Gasteiger partial charge in [-0.2, -0.15) is 5.10 Å². The van der Waals surface area contributed by atoms with Crippen LogP contribution < -0.4 is 5.32 Å². The van der Waals surface area contributed by atoms with E-state index in [9.17, 15) is 4.79 Å². The molecule has 0 unspecified atom stereocenters. The second-order valence-electron chi connectivity index (χ2n) is 4.72. The van der Waals surface area contributed by atoms with Crippen LogP contribution in [-0.4, -0.2) is 20.5 Å². The highest BCUT2D eigenvalue weighted by Gasteiger charge is 2.14. The number of benzene rings is 1. The molecule has 5 nitrogen and oxygen atoms in total. The molecule has 2 heterocycles. The normalized spacial score (nSPS) is 10.7. The van der Waals surface area contributed by atoms with E-state index in [2.05, 4.69) is 15.4 Å². The van der Waals surface area contributed by atoms with E-state index >= 15 is 0 Å². The van der Waals surface area contributed by atoms with Crippen LogP contribution in [0.15, 0.2) is 42.9 Å². The van der Waals surface area contributed by atoms with E-state index in [-0.39, 0.29) is 5.91 Å². The van der Waals surface area contributed by atoms with E-state index in [1.54, 1.807) is 23.0 Å². The number of hydrogen-bond donors (Lipinski definition) is 1. The molecular formula is C15H14N4O. The minimum absolute atomic E-state index is 0.203. The van der Waals surface area contributed by atoms with Crippen LogP contribution in [0, 0.1) is 13.8 Å². The van der Waals surface area contributed by atoms with Crippen molar-refractivity contribution in [2.45, 2.75) is 13.8 Å². The van der Waals surface area contributed by atoms with Crippen LogP contribution in [-0.2, 0) is 0 Å². The van der Waals surface area contributed by atoms with E-state index in [0.717, 1.165) is 16.8 Å². The zero-order chi connectivity index (χ0) is 14.1. The Kier molecular flexibility index (Phi) is 2.95.